The summed E-state index contributed by atoms with van der Waals surface area (Å²) in [5.41, 5.74) is 0.397. The Labute approximate surface area is 105 Å². The molecule has 2 N–H and O–H groups in total. The summed E-state index contributed by atoms with van der Waals surface area (Å²) in [6, 6.07) is 5.82. The molecule has 0 bridgehead atoms. The number of carbonyl (C=O) groups is 1. The molecule has 0 heterocycles. The van der Waals surface area contributed by atoms with Crippen LogP contribution in [-0.2, 0) is 0 Å². The molecular weight excluding hydrogens is 234 g/mol. The third kappa shape index (κ3) is 3.19. The molecule has 1 aliphatic rings. The highest BCUT2D eigenvalue weighted by atomic mass is 16.6. The summed E-state index contributed by atoms with van der Waals surface area (Å²) >= 11 is 0. The van der Waals surface area contributed by atoms with E-state index >= 15 is 0 Å². The Morgan fingerprint density at radius 2 is 2.06 bits per heavy atom. The van der Waals surface area contributed by atoms with Gasteiger partial charge in [0.1, 0.15) is 0 Å². The van der Waals surface area contributed by atoms with Gasteiger partial charge in [-0.2, -0.15) is 0 Å². The minimum Gasteiger partial charge on any atom is -0.335 e. The Bertz CT molecular complexity index is 456. The zero-order valence-corrected chi connectivity index (χ0v) is 9.89. The number of non-ortho nitro benzene ring substituents is 1. The molecule has 2 amide bonds. The molecule has 1 aromatic carbocycles. The quantitative estimate of drug-likeness (QED) is 0.638. The smallest absolute Gasteiger partial charge is 0.319 e. The molecule has 0 saturated heterocycles. The molecule has 0 radical (unpaired) electrons. The van der Waals surface area contributed by atoms with Crippen molar-refractivity contribution in [3.05, 3.63) is 34.4 Å². The minimum absolute atomic E-state index is 0.0336. The highest BCUT2D eigenvalue weighted by molar-refractivity contribution is 5.89. The van der Waals surface area contributed by atoms with Gasteiger partial charge in [0.2, 0.25) is 0 Å². The lowest BCUT2D eigenvalue weighted by molar-refractivity contribution is -0.384. The molecule has 1 saturated carbocycles. The molecule has 1 fully saturated rings. The highest BCUT2D eigenvalue weighted by Gasteiger charge is 2.17. The number of nitro groups is 1. The van der Waals surface area contributed by atoms with E-state index in [1.807, 2.05) is 0 Å². The Hall–Kier alpha value is -2.11. The van der Waals surface area contributed by atoms with Gasteiger partial charge < -0.3 is 10.6 Å². The van der Waals surface area contributed by atoms with Gasteiger partial charge in [-0.05, 0) is 18.9 Å². The second kappa shape index (κ2) is 5.48. The maximum Gasteiger partial charge on any atom is 0.319 e. The Morgan fingerprint density at radius 3 is 2.72 bits per heavy atom. The normalized spacial score (nSPS) is 15.3. The molecule has 0 aliphatic heterocycles. The van der Waals surface area contributed by atoms with Gasteiger partial charge in [-0.1, -0.05) is 18.9 Å². The summed E-state index contributed by atoms with van der Waals surface area (Å²) in [6.45, 7) is 0. The van der Waals surface area contributed by atoms with Crippen molar-refractivity contribution in [3.63, 3.8) is 0 Å². The molecule has 1 aliphatic carbocycles. The number of hydrogen-bond acceptors (Lipinski definition) is 3. The van der Waals surface area contributed by atoms with Gasteiger partial charge in [-0.25, -0.2) is 4.79 Å². The predicted octanol–water partition coefficient (Wildman–Crippen LogP) is 2.66. The fourth-order valence-corrected chi connectivity index (χ4v) is 2.12. The first-order valence-electron chi connectivity index (χ1n) is 5.97. The van der Waals surface area contributed by atoms with Gasteiger partial charge >= 0.3 is 6.03 Å². The van der Waals surface area contributed by atoms with Crippen LogP contribution in [0.25, 0.3) is 0 Å². The van der Waals surface area contributed by atoms with Crippen LogP contribution >= 0.6 is 0 Å². The van der Waals surface area contributed by atoms with E-state index in [2.05, 4.69) is 10.6 Å². The number of carbonyl (C=O) groups excluding carboxylic acids is 1. The topological polar surface area (TPSA) is 84.3 Å². The number of hydrogen-bond donors (Lipinski definition) is 2. The van der Waals surface area contributed by atoms with Gasteiger partial charge in [0, 0.05) is 23.9 Å². The van der Waals surface area contributed by atoms with Gasteiger partial charge in [-0.3, -0.25) is 10.1 Å². The van der Waals surface area contributed by atoms with Crippen molar-refractivity contribution >= 4 is 17.4 Å². The summed E-state index contributed by atoms with van der Waals surface area (Å²) in [5.74, 6) is 0. The Balaban J connectivity index is 1.93. The number of nitrogens with one attached hydrogen (secondary N) is 2. The average Bonchev–Trinajstić information content (AvgIpc) is 2.82. The van der Waals surface area contributed by atoms with Crippen molar-refractivity contribution in [1.29, 1.82) is 0 Å². The minimum atomic E-state index is -0.486. The lowest BCUT2D eigenvalue weighted by Crippen LogP contribution is -2.36. The summed E-state index contributed by atoms with van der Waals surface area (Å²) in [5, 5.41) is 16.1. The Morgan fingerprint density at radius 1 is 1.33 bits per heavy atom. The zero-order chi connectivity index (χ0) is 13.0. The first-order chi connectivity index (χ1) is 8.65. The first kappa shape index (κ1) is 12.3. The lowest BCUT2D eigenvalue weighted by atomic mass is 10.2. The molecule has 0 aromatic heterocycles. The van der Waals surface area contributed by atoms with Gasteiger partial charge in [0.25, 0.3) is 5.69 Å². The Kier molecular flexibility index (Phi) is 3.76. The van der Waals surface area contributed by atoms with Crippen LogP contribution in [0.2, 0.25) is 0 Å². The van der Waals surface area contributed by atoms with E-state index in [0.717, 1.165) is 25.7 Å². The van der Waals surface area contributed by atoms with Crippen LogP contribution in [-0.4, -0.2) is 17.0 Å². The van der Waals surface area contributed by atoms with Crippen molar-refractivity contribution in [2.75, 3.05) is 5.32 Å². The highest BCUT2D eigenvalue weighted by Crippen LogP contribution is 2.19. The fraction of sp³-hybridized carbons (Fsp3) is 0.417. The van der Waals surface area contributed by atoms with Crippen molar-refractivity contribution in [3.8, 4) is 0 Å². The predicted molar refractivity (Wildman–Crippen MR) is 67.5 cm³/mol. The van der Waals surface area contributed by atoms with E-state index in [0.29, 0.717) is 5.69 Å². The van der Waals surface area contributed by atoms with Crippen LogP contribution in [0.15, 0.2) is 24.3 Å². The van der Waals surface area contributed by atoms with Crippen molar-refractivity contribution in [2.24, 2.45) is 0 Å². The molecule has 6 heteroatoms. The van der Waals surface area contributed by atoms with Crippen molar-refractivity contribution in [2.45, 2.75) is 31.7 Å². The molecule has 6 nitrogen and oxygen atoms in total. The molecule has 18 heavy (non-hydrogen) atoms. The number of benzene rings is 1. The molecular formula is C12H15N3O3. The molecule has 0 spiro atoms. The number of nitrogens with zero attached hydrogens (tertiary/aromatic N) is 1. The lowest BCUT2D eigenvalue weighted by Gasteiger charge is -2.12. The standard InChI is InChI=1S/C12H15N3O3/c16-12(13-9-4-1-2-5-9)14-10-6-3-7-11(8-10)15(17)18/h3,6-9H,1-2,4-5H2,(H2,13,14,16). The molecule has 1 aromatic rings. The van der Waals surface area contributed by atoms with E-state index in [4.69, 9.17) is 0 Å². The summed E-state index contributed by atoms with van der Waals surface area (Å²) in [4.78, 5) is 21.8. The van der Waals surface area contributed by atoms with Gasteiger partial charge in [0.15, 0.2) is 0 Å². The van der Waals surface area contributed by atoms with Crippen LogP contribution in [0.1, 0.15) is 25.7 Å². The monoisotopic (exact) mass is 249 g/mol. The van der Waals surface area contributed by atoms with Crippen LogP contribution in [0.3, 0.4) is 0 Å². The second-order valence-corrected chi connectivity index (χ2v) is 4.39. The number of anilines is 1. The van der Waals surface area contributed by atoms with Crippen LogP contribution in [0.5, 0.6) is 0 Å². The van der Waals surface area contributed by atoms with Gasteiger partial charge in [-0.15, -0.1) is 0 Å². The average molecular weight is 249 g/mol. The maximum absolute atomic E-state index is 11.7. The molecule has 2 rings (SSSR count). The van der Waals surface area contributed by atoms with E-state index in [9.17, 15) is 14.9 Å². The first-order valence-corrected chi connectivity index (χ1v) is 5.97. The van der Waals surface area contributed by atoms with Gasteiger partial charge in [0.05, 0.1) is 4.92 Å². The third-order valence-corrected chi connectivity index (χ3v) is 3.01. The van der Waals surface area contributed by atoms with Crippen molar-refractivity contribution in [1.82, 2.24) is 5.32 Å². The van der Waals surface area contributed by atoms with Crippen LogP contribution in [0, 0.1) is 10.1 Å². The fourth-order valence-electron chi connectivity index (χ4n) is 2.12. The van der Waals surface area contributed by atoms with Crippen LogP contribution in [0.4, 0.5) is 16.2 Å². The number of nitro benzene ring substituents is 1. The summed E-state index contributed by atoms with van der Waals surface area (Å²) < 4.78 is 0. The second-order valence-electron chi connectivity index (χ2n) is 4.39. The van der Waals surface area contributed by atoms with E-state index in [-0.39, 0.29) is 17.8 Å². The largest absolute Gasteiger partial charge is 0.335 e. The van der Waals surface area contributed by atoms with Crippen molar-refractivity contribution < 1.29 is 9.72 Å². The number of amides is 2. The van der Waals surface area contributed by atoms with E-state index in [1.54, 1.807) is 12.1 Å². The summed E-state index contributed by atoms with van der Waals surface area (Å²) in [6.07, 6.45) is 4.29. The number of urea groups is 1. The maximum atomic E-state index is 11.7. The van der Waals surface area contributed by atoms with E-state index in [1.165, 1.54) is 12.1 Å². The number of rotatable bonds is 3. The SMILES string of the molecule is O=C(Nc1cccc([N+](=O)[O-])c1)NC1CCCC1. The molecule has 0 unspecified atom stereocenters. The van der Waals surface area contributed by atoms with Crippen LogP contribution < -0.4 is 10.6 Å². The third-order valence-electron chi connectivity index (χ3n) is 3.01. The molecule has 0 atom stereocenters. The van der Waals surface area contributed by atoms with E-state index < -0.39 is 4.92 Å². The molecule has 96 valence electrons. The summed E-state index contributed by atoms with van der Waals surface area (Å²) in [7, 11) is 0. The zero-order valence-electron chi connectivity index (χ0n) is 9.89.